The first-order valence-corrected chi connectivity index (χ1v) is 5.11. The molecule has 2 heteroatoms. The SMILES string of the molecule is CCCOc1ccc(C#CCO)cc1C. The van der Waals surface area contributed by atoms with Crippen molar-refractivity contribution in [3.8, 4) is 17.6 Å². The van der Waals surface area contributed by atoms with Gasteiger partial charge in [-0.15, -0.1) is 0 Å². The molecular formula is C13H16O2. The fraction of sp³-hybridized carbons (Fsp3) is 0.385. The second-order valence-corrected chi connectivity index (χ2v) is 3.29. The van der Waals surface area contributed by atoms with Crippen LogP contribution in [0.4, 0.5) is 0 Å². The fourth-order valence-electron chi connectivity index (χ4n) is 1.24. The first kappa shape index (κ1) is 11.6. The van der Waals surface area contributed by atoms with E-state index in [1.807, 2.05) is 25.1 Å². The van der Waals surface area contributed by atoms with Gasteiger partial charge in [0.25, 0.3) is 0 Å². The number of aryl methyl sites for hydroxylation is 1. The topological polar surface area (TPSA) is 29.5 Å². The van der Waals surface area contributed by atoms with Crippen LogP contribution in [0.1, 0.15) is 24.5 Å². The van der Waals surface area contributed by atoms with Crippen molar-refractivity contribution >= 4 is 0 Å². The minimum atomic E-state index is -0.104. The molecule has 0 amide bonds. The van der Waals surface area contributed by atoms with E-state index in [-0.39, 0.29) is 6.61 Å². The molecule has 0 saturated heterocycles. The Bertz CT molecular complexity index is 372. The Kier molecular flexibility index (Phi) is 4.73. The van der Waals surface area contributed by atoms with Gasteiger partial charge in [-0.05, 0) is 37.1 Å². The minimum absolute atomic E-state index is 0.104. The Morgan fingerprint density at radius 3 is 2.80 bits per heavy atom. The third-order valence-corrected chi connectivity index (χ3v) is 1.95. The zero-order valence-electron chi connectivity index (χ0n) is 9.21. The molecular weight excluding hydrogens is 188 g/mol. The van der Waals surface area contributed by atoms with Crippen molar-refractivity contribution in [2.24, 2.45) is 0 Å². The Balaban J connectivity index is 2.78. The molecule has 2 nitrogen and oxygen atoms in total. The molecule has 1 N–H and O–H groups in total. The van der Waals surface area contributed by atoms with E-state index < -0.39 is 0 Å². The van der Waals surface area contributed by atoms with Gasteiger partial charge in [-0.2, -0.15) is 0 Å². The lowest BCUT2D eigenvalue weighted by Gasteiger charge is -2.07. The van der Waals surface area contributed by atoms with Gasteiger partial charge in [0.2, 0.25) is 0 Å². The van der Waals surface area contributed by atoms with Crippen LogP contribution in [-0.2, 0) is 0 Å². The summed E-state index contributed by atoms with van der Waals surface area (Å²) >= 11 is 0. The van der Waals surface area contributed by atoms with Gasteiger partial charge >= 0.3 is 0 Å². The largest absolute Gasteiger partial charge is 0.493 e. The molecule has 0 aliphatic heterocycles. The Labute approximate surface area is 90.9 Å². The lowest BCUT2D eigenvalue weighted by Crippen LogP contribution is -1.97. The molecule has 0 unspecified atom stereocenters. The van der Waals surface area contributed by atoms with Crippen molar-refractivity contribution < 1.29 is 9.84 Å². The zero-order chi connectivity index (χ0) is 11.1. The minimum Gasteiger partial charge on any atom is -0.493 e. The quantitative estimate of drug-likeness (QED) is 0.764. The average Bonchev–Trinajstić information content (AvgIpc) is 2.25. The van der Waals surface area contributed by atoms with Crippen molar-refractivity contribution in [1.29, 1.82) is 0 Å². The van der Waals surface area contributed by atoms with E-state index in [1.54, 1.807) is 0 Å². The van der Waals surface area contributed by atoms with Gasteiger partial charge in [0, 0.05) is 5.56 Å². The summed E-state index contributed by atoms with van der Waals surface area (Å²) in [5.74, 6) is 6.39. The maximum atomic E-state index is 8.57. The Hall–Kier alpha value is -1.46. The lowest BCUT2D eigenvalue weighted by molar-refractivity contribution is 0.315. The van der Waals surface area contributed by atoms with E-state index in [1.165, 1.54) is 0 Å². The van der Waals surface area contributed by atoms with E-state index in [9.17, 15) is 0 Å². The van der Waals surface area contributed by atoms with Crippen LogP contribution in [-0.4, -0.2) is 18.3 Å². The molecule has 0 heterocycles. The van der Waals surface area contributed by atoms with Crippen molar-refractivity contribution in [2.75, 3.05) is 13.2 Å². The molecule has 0 radical (unpaired) electrons. The van der Waals surface area contributed by atoms with E-state index in [4.69, 9.17) is 9.84 Å². The number of ether oxygens (including phenoxy) is 1. The van der Waals surface area contributed by atoms with Crippen LogP contribution >= 0.6 is 0 Å². The van der Waals surface area contributed by atoms with Gasteiger partial charge in [0.1, 0.15) is 12.4 Å². The smallest absolute Gasteiger partial charge is 0.122 e. The summed E-state index contributed by atoms with van der Waals surface area (Å²) in [7, 11) is 0. The Morgan fingerprint density at radius 1 is 1.40 bits per heavy atom. The van der Waals surface area contributed by atoms with E-state index in [0.29, 0.717) is 0 Å². The van der Waals surface area contributed by atoms with Crippen LogP contribution in [0.5, 0.6) is 5.75 Å². The summed E-state index contributed by atoms with van der Waals surface area (Å²) in [5.41, 5.74) is 1.98. The molecule has 0 aliphatic rings. The molecule has 0 saturated carbocycles. The molecule has 0 bridgehead atoms. The molecule has 1 aromatic rings. The van der Waals surface area contributed by atoms with Gasteiger partial charge in [-0.1, -0.05) is 18.8 Å². The highest BCUT2D eigenvalue weighted by Crippen LogP contribution is 2.18. The number of aliphatic hydroxyl groups excluding tert-OH is 1. The van der Waals surface area contributed by atoms with Crippen LogP contribution in [0.3, 0.4) is 0 Å². The van der Waals surface area contributed by atoms with Gasteiger partial charge in [0.15, 0.2) is 0 Å². The maximum Gasteiger partial charge on any atom is 0.122 e. The van der Waals surface area contributed by atoms with Crippen LogP contribution in [0.25, 0.3) is 0 Å². The summed E-state index contributed by atoms with van der Waals surface area (Å²) < 4.78 is 5.55. The summed E-state index contributed by atoms with van der Waals surface area (Å²) in [6.07, 6.45) is 1.01. The normalized spacial score (nSPS) is 9.27. The van der Waals surface area contributed by atoms with Crippen LogP contribution in [0.15, 0.2) is 18.2 Å². The van der Waals surface area contributed by atoms with E-state index in [2.05, 4.69) is 18.8 Å². The zero-order valence-corrected chi connectivity index (χ0v) is 9.21. The molecule has 0 aromatic heterocycles. The molecule has 80 valence electrons. The fourth-order valence-corrected chi connectivity index (χ4v) is 1.24. The molecule has 1 rings (SSSR count). The molecule has 0 fully saturated rings. The monoisotopic (exact) mass is 204 g/mol. The first-order chi connectivity index (χ1) is 7.27. The van der Waals surface area contributed by atoms with Gasteiger partial charge in [-0.3, -0.25) is 0 Å². The maximum absolute atomic E-state index is 8.57. The number of benzene rings is 1. The number of aliphatic hydroxyl groups is 1. The second kappa shape index (κ2) is 6.10. The predicted octanol–water partition coefficient (Wildman–Crippen LogP) is 2.13. The summed E-state index contributed by atoms with van der Waals surface area (Å²) in [6, 6.07) is 5.79. The molecule has 15 heavy (non-hydrogen) atoms. The third-order valence-electron chi connectivity index (χ3n) is 1.95. The predicted molar refractivity (Wildman–Crippen MR) is 60.9 cm³/mol. The third kappa shape index (κ3) is 3.65. The van der Waals surface area contributed by atoms with Crippen LogP contribution in [0.2, 0.25) is 0 Å². The average molecular weight is 204 g/mol. The Morgan fingerprint density at radius 2 is 2.20 bits per heavy atom. The van der Waals surface area contributed by atoms with E-state index >= 15 is 0 Å². The molecule has 1 aromatic carbocycles. The van der Waals surface area contributed by atoms with Crippen molar-refractivity contribution in [2.45, 2.75) is 20.3 Å². The highest BCUT2D eigenvalue weighted by molar-refractivity contribution is 5.43. The highest BCUT2D eigenvalue weighted by atomic mass is 16.5. The first-order valence-electron chi connectivity index (χ1n) is 5.11. The number of hydrogen-bond donors (Lipinski definition) is 1. The van der Waals surface area contributed by atoms with Crippen LogP contribution < -0.4 is 4.74 Å². The van der Waals surface area contributed by atoms with Crippen molar-refractivity contribution in [3.05, 3.63) is 29.3 Å². The van der Waals surface area contributed by atoms with Gasteiger partial charge in [0.05, 0.1) is 6.61 Å². The standard InChI is InChI=1S/C13H16O2/c1-3-9-15-13-7-6-12(5-4-8-14)10-11(13)2/h6-7,10,14H,3,8-9H2,1-2H3. The second-order valence-electron chi connectivity index (χ2n) is 3.29. The van der Waals surface area contributed by atoms with E-state index in [0.717, 1.165) is 29.9 Å². The lowest BCUT2D eigenvalue weighted by atomic mass is 10.1. The van der Waals surface area contributed by atoms with Crippen LogP contribution in [0, 0.1) is 18.8 Å². The molecule has 0 atom stereocenters. The molecule has 0 aliphatic carbocycles. The number of rotatable bonds is 3. The number of hydrogen-bond acceptors (Lipinski definition) is 2. The highest BCUT2D eigenvalue weighted by Gasteiger charge is 1.98. The van der Waals surface area contributed by atoms with Crippen molar-refractivity contribution in [3.63, 3.8) is 0 Å². The van der Waals surface area contributed by atoms with Gasteiger partial charge < -0.3 is 9.84 Å². The van der Waals surface area contributed by atoms with Crippen molar-refractivity contribution in [1.82, 2.24) is 0 Å². The summed E-state index contributed by atoms with van der Waals surface area (Å²) in [6.45, 7) is 4.71. The summed E-state index contributed by atoms with van der Waals surface area (Å²) in [5, 5.41) is 8.57. The summed E-state index contributed by atoms with van der Waals surface area (Å²) in [4.78, 5) is 0. The van der Waals surface area contributed by atoms with Gasteiger partial charge in [-0.25, -0.2) is 0 Å². The molecule has 0 spiro atoms.